The van der Waals surface area contributed by atoms with E-state index in [1.807, 2.05) is 19.1 Å². The first-order valence-electron chi connectivity index (χ1n) is 4.49. The van der Waals surface area contributed by atoms with Crippen molar-refractivity contribution in [2.45, 2.75) is 6.92 Å². The number of aryl methyl sites for hydroxylation is 1. The molecule has 3 aromatic heterocycles. The fraction of sp³-hybridized carbons (Fsp3) is 0.100. The molecular formula is C10H7N3OS. The van der Waals surface area contributed by atoms with Gasteiger partial charge in [0.15, 0.2) is 0 Å². The third-order valence-corrected chi connectivity index (χ3v) is 3.39. The Morgan fingerprint density at radius 2 is 2.27 bits per heavy atom. The number of nitrogens with zero attached hydrogens (tertiary/aromatic N) is 2. The summed E-state index contributed by atoms with van der Waals surface area (Å²) in [6.07, 6.45) is 1.30. The Bertz CT molecular complexity index is 713. The molecule has 3 aromatic rings. The monoisotopic (exact) mass is 217 g/mol. The predicted molar refractivity (Wildman–Crippen MR) is 60.3 cm³/mol. The molecule has 0 aliphatic heterocycles. The second-order valence-corrected chi connectivity index (χ2v) is 4.34. The molecule has 0 saturated carbocycles. The average molecular weight is 217 g/mol. The SMILES string of the molecule is Cc1ccc2c(n1)sc1c(=O)cn[nH]c12. The second kappa shape index (κ2) is 2.87. The van der Waals surface area contributed by atoms with Gasteiger partial charge < -0.3 is 0 Å². The third-order valence-electron chi connectivity index (χ3n) is 2.28. The van der Waals surface area contributed by atoms with Crippen molar-refractivity contribution < 1.29 is 0 Å². The van der Waals surface area contributed by atoms with E-state index in [0.717, 1.165) is 21.4 Å². The summed E-state index contributed by atoms with van der Waals surface area (Å²) >= 11 is 1.41. The normalized spacial score (nSPS) is 11.3. The van der Waals surface area contributed by atoms with Crippen LogP contribution in [0, 0.1) is 6.92 Å². The maximum absolute atomic E-state index is 11.5. The molecule has 1 N–H and O–H groups in total. The fourth-order valence-electron chi connectivity index (χ4n) is 1.57. The Hall–Kier alpha value is -1.75. The number of hydrogen-bond donors (Lipinski definition) is 1. The number of fused-ring (bicyclic) bond motifs is 3. The van der Waals surface area contributed by atoms with Crippen LogP contribution in [-0.2, 0) is 0 Å². The Morgan fingerprint density at radius 3 is 3.13 bits per heavy atom. The van der Waals surface area contributed by atoms with Crippen molar-refractivity contribution in [3.63, 3.8) is 0 Å². The lowest BCUT2D eigenvalue weighted by atomic mass is 10.3. The van der Waals surface area contributed by atoms with E-state index in [2.05, 4.69) is 15.2 Å². The van der Waals surface area contributed by atoms with Crippen molar-refractivity contribution in [3.8, 4) is 0 Å². The van der Waals surface area contributed by atoms with E-state index in [0.29, 0.717) is 4.70 Å². The number of nitrogens with one attached hydrogen (secondary N) is 1. The summed E-state index contributed by atoms with van der Waals surface area (Å²) in [7, 11) is 0. The number of rotatable bonds is 0. The van der Waals surface area contributed by atoms with Gasteiger partial charge in [-0.1, -0.05) is 0 Å². The summed E-state index contributed by atoms with van der Waals surface area (Å²) < 4.78 is 0.693. The van der Waals surface area contributed by atoms with Gasteiger partial charge in [-0.2, -0.15) is 5.10 Å². The zero-order valence-electron chi connectivity index (χ0n) is 7.94. The smallest absolute Gasteiger partial charge is 0.217 e. The lowest BCUT2D eigenvalue weighted by molar-refractivity contribution is 1.07. The lowest BCUT2D eigenvalue weighted by Gasteiger charge is -1.91. The van der Waals surface area contributed by atoms with Crippen LogP contribution < -0.4 is 5.43 Å². The molecule has 0 atom stereocenters. The van der Waals surface area contributed by atoms with E-state index in [1.54, 1.807) is 0 Å². The van der Waals surface area contributed by atoms with Gasteiger partial charge in [0.2, 0.25) is 5.43 Å². The molecular weight excluding hydrogens is 210 g/mol. The quantitative estimate of drug-likeness (QED) is 0.625. The largest absolute Gasteiger partial charge is 0.286 e. The molecule has 15 heavy (non-hydrogen) atoms. The minimum atomic E-state index is -0.0515. The summed E-state index contributed by atoms with van der Waals surface area (Å²) in [5, 5.41) is 7.62. The Balaban J connectivity index is 2.63. The average Bonchev–Trinajstić information content (AvgIpc) is 2.57. The first-order chi connectivity index (χ1) is 7.25. The molecule has 0 aliphatic rings. The molecule has 0 aliphatic carbocycles. The van der Waals surface area contributed by atoms with Gasteiger partial charge in [-0.05, 0) is 19.1 Å². The van der Waals surface area contributed by atoms with E-state index in [9.17, 15) is 4.79 Å². The highest BCUT2D eigenvalue weighted by molar-refractivity contribution is 7.25. The third kappa shape index (κ3) is 1.16. The fourth-order valence-corrected chi connectivity index (χ4v) is 2.64. The number of pyridine rings is 1. The Morgan fingerprint density at radius 1 is 1.40 bits per heavy atom. The van der Waals surface area contributed by atoms with Crippen molar-refractivity contribution in [2.75, 3.05) is 0 Å². The molecule has 74 valence electrons. The van der Waals surface area contributed by atoms with Crippen molar-refractivity contribution in [3.05, 3.63) is 34.2 Å². The van der Waals surface area contributed by atoms with Crippen LogP contribution in [0.15, 0.2) is 23.1 Å². The topological polar surface area (TPSA) is 58.6 Å². The van der Waals surface area contributed by atoms with Gasteiger partial charge >= 0.3 is 0 Å². The van der Waals surface area contributed by atoms with Crippen LogP contribution in [0.2, 0.25) is 0 Å². The minimum absolute atomic E-state index is 0.0515. The Kier molecular flexibility index (Phi) is 1.63. The predicted octanol–water partition coefficient (Wildman–Crippen LogP) is 1.84. The molecule has 0 amide bonds. The number of hydrogen-bond acceptors (Lipinski definition) is 4. The van der Waals surface area contributed by atoms with Crippen LogP contribution in [-0.4, -0.2) is 15.2 Å². The molecule has 3 heterocycles. The zero-order chi connectivity index (χ0) is 10.4. The molecule has 0 fully saturated rings. The van der Waals surface area contributed by atoms with Crippen molar-refractivity contribution in [1.29, 1.82) is 0 Å². The van der Waals surface area contributed by atoms with Crippen LogP contribution in [0.1, 0.15) is 5.69 Å². The highest BCUT2D eigenvalue weighted by atomic mass is 32.1. The lowest BCUT2D eigenvalue weighted by Crippen LogP contribution is -1.99. The van der Waals surface area contributed by atoms with Crippen LogP contribution >= 0.6 is 11.3 Å². The van der Waals surface area contributed by atoms with Crippen LogP contribution in [0.4, 0.5) is 0 Å². The van der Waals surface area contributed by atoms with Gasteiger partial charge in [0, 0.05) is 11.1 Å². The number of H-pyrrole nitrogens is 1. The summed E-state index contributed by atoms with van der Waals surface area (Å²) in [5.41, 5.74) is 1.69. The molecule has 4 nitrogen and oxygen atoms in total. The Labute approximate surface area is 88.6 Å². The van der Waals surface area contributed by atoms with Gasteiger partial charge in [-0.3, -0.25) is 9.89 Å². The van der Waals surface area contributed by atoms with Gasteiger partial charge in [-0.25, -0.2) is 4.98 Å². The van der Waals surface area contributed by atoms with Crippen molar-refractivity contribution in [1.82, 2.24) is 15.2 Å². The van der Waals surface area contributed by atoms with E-state index >= 15 is 0 Å². The van der Waals surface area contributed by atoms with Crippen molar-refractivity contribution >= 4 is 31.8 Å². The van der Waals surface area contributed by atoms with E-state index in [-0.39, 0.29) is 5.43 Å². The number of thiophene rings is 1. The minimum Gasteiger partial charge on any atom is -0.286 e. The first kappa shape index (κ1) is 8.55. The summed E-state index contributed by atoms with van der Waals surface area (Å²) in [6.45, 7) is 1.93. The molecule has 0 spiro atoms. The second-order valence-electron chi connectivity index (χ2n) is 3.35. The highest BCUT2D eigenvalue weighted by Gasteiger charge is 2.08. The molecule has 5 heteroatoms. The van der Waals surface area contributed by atoms with Crippen LogP contribution in [0.5, 0.6) is 0 Å². The zero-order valence-corrected chi connectivity index (χ0v) is 8.76. The van der Waals surface area contributed by atoms with E-state index in [1.165, 1.54) is 17.5 Å². The molecule has 0 aromatic carbocycles. The first-order valence-corrected chi connectivity index (χ1v) is 5.31. The van der Waals surface area contributed by atoms with E-state index in [4.69, 9.17) is 0 Å². The summed E-state index contributed by atoms with van der Waals surface area (Å²) in [5.74, 6) is 0. The number of aromatic nitrogens is 3. The molecule has 0 unspecified atom stereocenters. The molecule has 0 radical (unpaired) electrons. The van der Waals surface area contributed by atoms with E-state index < -0.39 is 0 Å². The highest BCUT2D eigenvalue weighted by Crippen LogP contribution is 2.28. The maximum Gasteiger partial charge on any atom is 0.217 e. The van der Waals surface area contributed by atoms with Gasteiger partial charge in [0.25, 0.3) is 0 Å². The van der Waals surface area contributed by atoms with Gasteiger partial charge in [-0.15, -0.1) is 11.3 Å². The summed E-state index contributed by atoms with van der Waals surface area (Å²) in [4.78, 5) is 16.8. The molecule has 0 saturated heterocycles. The van der Waals surface area contributed by atoms with Crippen LogP contribution in [0.3, 0.4) is 0 Å². The standard InChI is InChI=1S/C10H7N3OS/c1-5-2-3-6-8-9(15-10(6)12-5)7(14)4-11-13-8/h2-4H,1H3,(H,13,14). The maximum atomic E-state index is 11.5. The van der Waals surface area contributed by atoms with Gasteiger partial charge in [0.1, 0.15) is 9.53 Å². The summed E-state index contributed by atoms with van der Waals surface area (Å²) in [6, 6.07) is 3.90. The van der Waals surface area contributed by atoms with Crippen molar-refractivity contribution in [2.24, 2.45) is 0 Å². The molecule has 0 bridgehead atoms. The van der Waals surface area contributed by atoms with Gasteiger partial charge in [0.05, 0.1) is 11.7 Å². The molecule has 3 rings (SSSR count). The number of aromatic amines is 1. The van der Waals surface area contributed by atoms with Crippen LogP contribution in [0.25, 0.3) is 20.4 Å².